The number of hydrogen-bond donors (Lipinski definition) is 5. The molecule has 12 heteroatoms. The van der Waals surface area contributed by atoms with Crippen LogP contribution in [0.2, 0.25) is 0 Å². The first-order valence-electron chi connectivity index (χ1n) is 11.4. The van der Waals surface area contributed by atoms with Crippen LogP contribution in [0.25, 0.3) is 0 Å². The Morgan fingerprint density at radius 1 is 0.857 bits per heavy atom. The molecule has 35 heavy (non-hydrogen) atoms. The Hall–Kier alpha value is -2.86. The molecule has 0 spiro atoms. The lowest BCUT2D eigenvalue weighted by atomic mass is 10.1. The lowest BCUT2D eigenvalue weighted by molar-refractivity contribution is -0.192. The topological polar surface area (TPSA) is 131 Å². The normalized spacial score (nSPS) is 10.7. The predicted octanol–water partition coefficient (Wildman–Crippen LogP) is 3.22. The van der Waals surface area contributed by atoms with Crippen molar-refractivity contribution in [1.29, 1.82) is 0 Å². The highest BCUT2D eigenvalue weighted by molar-refractivity contribution is 5.75. The van der Waals surface area contributed by atoms with Crippen LogP contribution in [0.15, 0.2) is 24.3 Å². The molecule has 0 atom stereocenters. The van der Waals surface area contributed by atoms with Gasteiger partial charge < -0.3 is 20.6 Å². The fraction of sp³-hybridized carbons (Fsp3) is 0.609. The molecule has 9 nitrogen and oxygen atoms in total. The molecule has 5 N–H and O–H groups in total. The molecule has 0 unspecified atom stereocenters. The molecule has 0 aliphatic carbocycles. The maximum absolute atomic E-state index is 11.8. The SMILES string of the molecule is CN(C)c1ccc(CNCCCCNC(=O)CCCCCCC(=O)NO)cc1.O=C(O)C(F)(F)F. The molecule has 0 saturated heterocycles. The molecule has 0 saturated carbocycles. The summed E-state index contributed by atoms with van der Waals surface area (Å²) in [5.74, 6) is -3.01. The summed E-state index contributed by atoms with van der Waals surface area (Å²) in [6.07, 6.45) is 1.17. The van der Waals surface area contributed by atoms with Gasteiger partial charge in [0.05, 0.1) is 0 Å². The summed E-state index contributed by atoms with van der Waals surface area (Å²) in [6.45, 7) is 2.52. The fourth-order valence-electron chi connectivity index (χ4n) is 2.82. The Bertz CT molecular complexity index is 744. The summed E-state index contributed by atoms with van der Waals surface area (Å²) in [4.78, 5) is 33.6. The molecule has 0 fully saturated rings. The van der Waals surface area contributed by atoms with Gasteiger partial charge in [0.1, 0.15) is 0 Å². The molecule has 0 heterocycles. The predicted molar refractivity (Wildman–Crippen MR) is 126 cm³/mol. The van der Waals surface area contributed by atoms with Gasteiger partial charge in [-0.1, -0.05) is 25.0 Å². The number of nitrogens with one attached hydrogen (secondary N) is 3. The second kappa shape index (κ2) is 18.5. The number of halogens is 3. The third-order valence-corrected chi connectivity index (χ3v) is 4.81. The van der Waals surface area contributed by atoms with Crippen molar-refractivity contribution in [3.8, 4) is 0 Å². The Morgan fingerprint density at radius 3 is 1.86 bits per heavy atom. The number of amides is 2. The van der Waals surface area contributed by atoms with Gasteiger partial charge in [0.15, 0.2) is 0 Å². The number of carbonyl (C=O) groups is 3. The van der Waals surface area contributed by atoms with Gasteiger partial charge in [0.2, 0.25) is 11.8 Å². The number of carboxylic acids is 1. The second-order valence-corrected chi connectivity index (χ2v) is 8.05. The highest BCUT2D eigenvalue weighted by Gasteiger charge is 2.38. The summed E-state index contributed by atoms with van der Waals surface area (Å²) in [5, 5.41) is 21.9. The average molecular weight is 507 g/mol. The van der Waals surface area contributed by atoms with Crippen molar-refractivity contribution in [1.82, 2.24) is 16.1 Å². The van der Waals surface area contributed by atoms with E-state index in [-0.39, 0.29) is 11.8 Å². The van der Waals surface area contributed by atoms with Crippen molar-refractivity contribution in [3.63, 3.8) is 0 Å². The molecule has 1 aromatic carbocycles. The lowest BCUT2D eigenvalue weighted by Gasteiger charge is -2.13. The van der Waals surface area contributed by atoms with Gasteiger partial charge in [-0.05, 0) is 49.9 Å². The third-order valence-electron chi connectivity index (χ3n) is 4.81. The summed E-state index contributed by atoms with van der Waals surface area (Å²) in [5.41, 5.74) is 4.10. The van der Waals surface area contributed by atoms with Gasteiger partial charge in [-0.25, -0.2) is 10.3 Å². The maximum Gasteiger partial charge on any atom is 0.490 e. The van der Waals surface area contributed by atoms with E-state index in [1.807, 2.05) is 14.1 Å². The zero-order valence-corrected chi connectivity index (χ0v) is 20.3. The van der Waals surface area contributed by atoms with E-state index in [4.69, 9.17) is 15.1 Å². The Morgan fingerprint density at radius 2 is 1.37 bits per heavy atom. The van der Waals surface area contributed by atoms with E-state index in [0.29, 0.717) is 19.4 Å². The van der Waals surface area contributed by atoms with Crippen LogP contribution >= 0.6 is 0 Å². The quantitative estimate of drug-likeness (QED) is 0.140. The van der Waals surface area contributed by atoms with Crippen molar-refractivity contribution < 1.29 is 37.9 Å². The van der Waals surface area contributed by atoms with Crippen LogP contribution in [0.1, 0.15) is 56.9 Å². The number of carboxylic acid groups (broad SMARTS) is 1. The van der Waals surface area contributed by atoms with E-state index in [1.54, 1.807) is 5.48 Å². The first-order chi connectivity index (χ1) is 16.5. The standard InChI is InChI=1S/C21H36N4O3.C2HF3O2/c1-25(2)19-13-11-18(12-14-19)17-22-15-7-8-16-23-20(26)9-5-3-4-6-10-21(27)24-28;3-2(4,5)1(6)7/h11-14,22,28H,3-10,15-17H2,1-2H3,(H,23,26)(H,24,27);(H,6,7). The summed E-state index contributed by atoms with van der Waals surface area (Å²) in [7, 11) is 4.07. The number of alkyl halides is 3. The van der Waals surface area contributed by atoms with Crippen LogP contribution in [0.5, 0.6) is 0 Å². The van der Waals surface area contributed by atoms with Gasteiger partial charge >= 0.3 is 12.1 Å². The monoisotopic (exact) mass is 506 g/mol. The number of carbonyl (C=O) groups excluding carboxylic acids is 2. The lowest BCUT2D eigenvalue weighted by Crippen LogP contribution is -2.25. The highest BCUT2D eigenvalue weighted by Crippen LogP contribution is 2.13. The van der Waals surface area contributed by atoms with E-state index in [1.165, 1.54) is 11.3 Å². The number of aliphatic carboxylic acids is 1. The fourth-order valence-corrected chi connectivity index (χ4v) is 2.82. The molecule has 0 aliphatic rings. The smallest absolute Gasteiger partial charge is 0.475 e. The van der Waals surface area contributed by atoms with Gasteiger partial charge in [-0.2, -0.15) is 13.2 Å². The van der Waals surface area contributed by atoms with Crippen LogP contribution in [0.4, 0.5) is 18.9 Å². The molecular formula is C23H37F3N4O5. The number of benzene rings is 1. The number of hydroxylamine groups is 1. The number of hydrogen-bond acceptors (Lipinski definition) is 6. The van der Waals surface area contributed by atoms with E-state index < -0.39 is 12.1 Å². The number of anilines is 1. The van der Waals surface area contributed by atoms with Crippen molar-refractivity contribution in [2.24, 2.45) is 0 Å². The first-order valence-corrected chi connectivity index (χ1v) is 11.4. The molecule has 1 aromatic rings. The Balaban J connectivity index is 0.00000143. The molecule has 0 radical (unpaired) electrons. The molecule has 2 amide bonds. The number of unbranched alkanes of at least 4 members (excludes halogenated alkanes) is 4. The minimum atomic E-state index is -5.08. The zero-order chi connectivity index (χ0) is 26.7. The Labute approximate surface area is 204 Å². The van der Waals surface area contributed by atoms with Gasteiger partial charge in [-0.15, -0.1) is 0 Å². The summed E-state index contributed by atoms with van der Waals surface area (Å²) >= 11 is 0. The second-order valence-electron chi connectivity index (χ2n) is 8.05. The van der Waals surface area contributed by atoms with Crippen LogP contribution in [0, 0.1) is 0 Å². The highest BCUT2D eigenvalue weighted by atomic mass is 19.4. The van der Waals surface area contributed by atoms with E-state index in [2.05, 4.69) is 39.8 Å². The molecule has 0 aliphatic heterocycles. The van der Waals surface area contributed by atoms with E-state index in [0.717, 1.165) is 51.6 Å². The largest absolute Gasteiger partial charge is 0.490 e. The van der Waals surface area contributed by atoms with Crippen molar-refractivity contribution >= 4 is 23.5 Å². The molecule has 200 valence electrons. The molecule has 1 rings (SSSR count). The van der Waals surface area contributed by atoms with Crippen molar-refractivity contribution in [2.75, 3.05) is 32.1 Å². The minimum Gasteiger partial charge on any atom is -0.475 e. The molecule has 0 bridgehead atoms. The maximum atomic E-state index is 11.8. The zero-order valence-electron chi connectivity index (χ0n) is 20.3. The first kappa shape index (κ1) is 32.1. The summed E-state index contributed by atoms with van der Waals surface area (Å²) in [6, 6.07) is 8.53. The van der Waals surface area contributed by atoms with Crippen LogP contribution in [0.3, 0.4) is 0 Å². The summed E-state index contributed by atoms with van der Waals surface area (Å²) < 4.78 is 31.7. The van der Waals surface area contributed by atoms with Gasteiger partial charge in [-0.3, -0.25) is 14.8 Å². The Kier molecular flexibility index (Phi) is 17.0. The van der Waals surface area contributed by atoms with Gasteiger partial charge in [0, 0.05) is 45.7 Å². The van der Waals surface area contributed by atoms with Crippen LogP contribution in [-0.2, 0) is 20.9 Å². The number of nitrogens with zero attached hydrogens (tertiary/aromatic N) is 1. The van der Waals surface area contributed by atoms with E-state index in [9.17, 15) is 22.8 Å². The van der Waals surface area contributed by atoms with Crippen LogP contribution in [-0.4, -0.2) is 61.5 Å². The van der Waals surface area contributed by atoms with Crippen LogP contribution < -0.4 is 21.0 Å². The van der Waals surface area contributed by atoms with Crippen molar-refractivity contribution in [2.45, 2.75) is 64.1 Å². The molecular weight excluding hydrogens is 469 g/mol. The number of rotatable bonds is 15. The van der Waals surface area contributed by atoms with Gasteiger partial charge in [0.25, 0.3) is 0 Å². The minimum absolute atomic E-state index is 0.0991. The van der Waals surface area contributed by atoms with Crippen molar-refractivity contribution in [3.05, 3.63) is 29.8 Å². The average Bonchev–Trinajstić information content (AvgIpc) is 2.80. The van der Waals surface area contributed by atoms with E-state index >= 15 is 0 Å². The third kappa shape index (κ3) is 18.2. The molecule has 0 aromatic heterocycles.